The summed E-state index contributed by atoms with van der Waals surface area (Å²) in [7, 11) is 1.27. The fraction of sp³-hybridized carbons (Fsp3) is 0.200. The van der Waals surface area contributed by atoms with Crippen molar-refractivity contribution in [3.63, 3.8) is 0 Å². The lowest BCUT2D eigenvalue weighted by atomic mass is 10.3. The van der Waals surface area contributed by atoms with Gasteiger partial charge in [0.05, 0.1) is 12.6 Å². The number of carbonyl (C=O) groups excluding carboxylic acids is 1. The zero-order valence-corrected chi connectivity index (χ0v) is 8.10. The van der Waals surface area contributed by atoms with E-state index in [0.717, 1.165) is 0 Å². The molecule has 0 aliphatic rings. The number of nitrogens with zero attached hydrogens (tertiary/aromatic N) is 1. The van der Waals surface area contributed by atoms with E-state index in [-0.39, 0.29) is 6.54 Å². The van der Waals surface area contributed by atoms with Gasteiger partial charge in [-0.3, -0.25) is 9.36 Å². The Morgan fingerprint density at radius 3 is 2.93 bits per heavy atom. The number of ether oxygens (including phenoxy) is 1. The SMILES string of the molecule is COC(=O)Cn1c(=O)oc2ccccc21. The fourth-order valence-electron chi connectivity index (χ4n) is 1.36. The summed E-state index contributed by atoms with van der Waals surface area (Å²) < 4.78 is 10.7. The van der Waals surface area contributed by atoms with Crippen LogP contribution in [-0.4, -0.2) is 17.6 Å². The highest BCUT2D eigenvalue weighted by Crippen LogP contribution is 2.11. The number of methoxy groups -OCH3 is 1. The summed E-state index contributed by atoms with van der Waals surface area (Å²) >= 11 is 0. The van der Waals surface area contributed by atoms with E-state index < -0.39 is 11.7 Å². The van der Waals surface area contributed by atoms with Crippen molar-refractivity contribution in [3.8, 4) is 0 Å². The van der Waals surface area contributed by atoms with Crippen molar-refractivity contribution in [2.45, 2.75) is 6.54 Å². The van der Waals surface area contributed by atoms with Gasteiger partial charge in [0.2, 0.25) is 0 Å². The summed E-state index contributed by atoms with van der Waals surface area (Å²) in [6, 6.07) is 6.91. The number of benzene rings is 1. The summed E-state index contributed by atoms with van der Waals surface area (Å²) in [6.45, 7) is -0.133. The molecule has 1 aromatic heterocycles. The Morgan fingerprint density at radius 1 is 1.47 bits per heavy atom. The van der Waals surface area contributed by atoms with Gasteiger partial charge in [-0.2, -0.15) is 0 Å². The molecule has 0 bridgehead atoms. The van der Waals surface area contributed by atoms with Crippen molar-refractivity contribution in [3.05, 3.63) is 34.8 Å². The van der Waals surface area contributed by atoms with Gasteiger partial charge in [-0.25, -0.2) is 4.79 Å². The van der Waals surface area contributed by atoms with E-state index in [2.05, 4.69) is 4.74 Å². The van der Waals surface area contributed by atoms with Gasteiger partial charge in [0.25, 0.3) is 0 Å². The Balaban J connectivity index is 2.54. The number of hydrogen-bond acceptors (Lipinski definition) is 4. The summed E-state index contributed by atoms with van der Waals surface area (Å²) in [6.07, 6.45) is 0. The Labute approximate surface area is 84.9 Å². The molecule has 78 valence electrons. The number of esters is 1. The molecular formula is C10H9NO4. The van der Waals surface area contributed by atoms with Gasteiger partial charge in [0.15, 0.2) is 5.58 Å². The zero-order valence-electron chi connectivity index (χ0n) is 8.10. The van der Waals surface area contributed by atoms with Crippen LogP contribution in [0.4, 0.5) is 0 Å². The van der Waals surface area contributed by atoms with Crippen LogP contribution in [0.3, 0.4) is 0 Å². The number of rotatable bonds is 2. The van der Waals surface area contributed by atoms with Crippen LogP contribution in [0.15, 0.2) is 33.5 Å². The standard InChI is InChI=1S/C10H9NO4/c1-14-9(12)6-11-7-4-2-3-5-8(7)15-10(11)13/h2-5H,6H2,1H3. The molecule has 5 nitrogen and oxygen atoms in total. The largest absolute Gasteiger partial charge is 0.468 e. The zero-order chi connectivity index (χ0) is 10.8. The Morgan fingerprint density at radius 2 is 2.20 bits per heavy atom. The molecule has 2 aromatic rings. The van der Waals surface area contributed by atoms with Crippen molar-refractivity contribution in [2.75, 3.05) is 7.11 Å². The number of oxazole rings is 1. The second-order valence-electron chi connectivity index (χ2n) is 3.00. The lowest BCUT2D eigenvalue weighted by Gasteiger charge is -1.99. The normalized spacial score (nSPS) is 10.5. The molecule has 0 atom stereocenters. The minimum absolute atomic E-state index is 0.133. The monoisotopic (exact) mass is 207 g/mol. The van der Waals surface area contributed by atoms with Crippen molar-refractivity contribution in [1.29, 1.82) is 0 Å². The topological polar surface area (TPSA) is 61.4 Å². The van der Waals surface area contributed by atoms with Crippen LogP contribution >= 0.6 is 0 Å². The molecule has 0 amide bonds. The van der Waals surface area contributed by atoms with Crippen molar-refractivity contribution < 1.29 is 13.9 Å². The molecule has 0 saturated carbocycles. The van der Waals surface area contributed by atoms with E-state index in [4.69, 9.17) is 4.42 Å². The van der Waals surface area contributed by atoms with Gasteiger partial charge in [0.1, 0.15) is 6.54 Å². The highest BCUT2D eigenvalue weighted by molar-refractivity contribution is 5.76. The molecule has 0 aliphatic carbocycles. The maximum Gasteiger partial charge on any atom is 0.420 e. The Hall–Kier alpha value is -2.04. The third-order valence-corrected chi connectivity index (χ3v) is 2.09. The lowest BCUT2D eigenvalue weighted by Crippen LogP contribution is -2.20. The van der Waals surface area contributed by atoms with Crippen LogP contribution in [-0.2, 0) is 16.1 Å². The van der Waals surface area contributed by atoms with Crippen LogP contribution in [0.5, 0.6) is 0 Å². The van der Waals surface area contributed by atoms with E-state index >= 15 is 0 Å². The minimum Gasteiger partial charge on any atom is -0.468 e. The molecule has 0 fully saturated rings. The molecule has 5 heteroatoms. The third-order valence-electron chi connectivity index (χ3n) is 2.09. The van der Waals surface area contributed by atoms with Gasteiger partial charge >= 0.3 is 11.7 Å². The van der Waals surface area contributed by atoms with Gasteiger partial charge in [-0.15, -0.1) is 0 Å². The smallest absolute Gasteiger partial charge is 0.420 e. The molecule has 0 aliphatic heterocycles. The number of para-hydroxylation sites is 2. The number of hydrogen-bond donors (Lipinski definition) is 0. The average molecular weight is 207 g/mol. The van der Waals surface area contributed by atoms with E-state index in [0.29, 0.717) is 11.1 Å². The molecule has 1 heterocycles. The van der Waals surface area contributed by atoms with Gasteiger partial charge in [-0.1, -0.05) is 12.1 Å². The van der Waals surface area contributed by atoms with E-state index in [1.54, 1.807) is 24.3 Å². The third kappa shape index (κ3) is 1.63. The molecule has 0 unspecified atom stereocenters. The van der Waals surface area contributed by atoms with Crippen LogP contribution in [0, 0.1) is 0 Å². The molecule has 0 spiro atoms. The molecule has 0 saturated heterocycles. The Bertz CT molecular complexity index is 552. The second kappa shape index (κ2) is 3.61. The molecular weight excluding hydrogens is 198 g/mol. The molecule has 0 radical (unpaired) electrons. The first-order valence-corrected chi connectivity index (χ1v) is 4.37. The van der Waals surface area contributed by atoms with Gasteiger partial charge < -0.3 is 9.15 Å². The first-order chi connectivity index (χ1) is 7.22. The minimum atomic E-state index is -0.554. The van der Waals surface area contributed by atoms with E-state index in [9.17, 15) is 9.59 Å². The van der Waals surface area contributed by atoms with Gasteiger partial charge in [0, 0.05) is 0 Å². The molecule has 1 aromatic carbocycles. The second-order valence-corrected chi connectivity index (χ2v) is 3.00. The average Bonchev–Trinajstić information content (AvgIpc) is 2.55. The van der Waals surface area contributed by atoms with Crippen LogP contribution in [0.1, 0.15) is 0 Å². The fourth-order valence-corrected chi connectivity index (χ4v) is 1.36. The predicted octanol–water partition coefficient (Wildman–Crippen LogP) is 0.768. The predicted molar refractivity (Wildman–Crippen MR) is 52.5 cm³/mol. The van der Waals surface area contributed by atoms with Gasteiger partial charge in [-0.05, 0) is 12.1 Å². The molecule has 15 heavy (non-hydrogen) atoms. The highest BCUT2D eigenvalue weighted by Gasteiger charge is 2.11. The first-order valence-electron chi connectivity index (χ1n) is 4.37. The number of carbonyl (C=O) groups is 1. The van der Waals surface area contributed by atoms with Crippen LogP contribution < -0.4 is 5.76 Å². The van der Waals surface area contributed by atoms with Crippen LogP contribution in [0.2, 0.25) is 0 Å². The number of fused-ring (bicyclic) bond motifs is 1. The summed E-state index contributed by atoms with van der Waals surface area (Å²) in [4.78, 5) is 22.4. The van der Waals surface area contributed by atoms with Crippen molar-refractivity contribution in [2.24, 2.45) is 0 Å². The maximum atomic E-state index is 11.4. The van der Waals surface area contributed by atoms with Crippen LogP contribution in [0.25, 0.3) is 11.1 Å². The van der Waals surface area contributed by atoms with Crippen molar-refractivity contribution >= 4 is 17.1 Å². The summed E-state index contributed by atoms with van der Waals surface area (Å²) in [5, 5.41) is 0. The molecule has 0 N–H and O–H groups in total. The quantitative estimate of drug-likeness (QED) is 0.682. The van der Waals surface area contributed by atoms with Crippen molar-refractivity contribution in [1.82, 2.24) is 4.57 Å². The summed E-state index contributed by atoms with van der Waals surface area (Å²) in [5.41, 5.74) is 1.05. The first kappa shape index (κ1) is 9.51. The maximum absolute atomic E-state index is 11.4. The summed E-state index contributed by atoms with van der Waals surface area (Å²) in [5.74, 6) is -1.04. The van der Waals surface area contributed by atoms with E-state index in [1.165, 1.54) is 11.7 Å². The lowest BCUT2D eigenvalue weighted by molar-refractivity contribution is -0.141. The highest BCUT2D eigenvalue weighted by atomic mass is 16.5. The number of aromatic nitrogens is 1. The molecule has 2 rings (SSSR count). The van der Waals surface area contributed by atoms with E-state index in [1.807, 2.05) is 0 Å². The Kier molecular flexibility index (Phi) is 2.29.